The predicted octanol–water partition coefficient (Wildman–Crippen LogP) is 1.85. The number of fused-ring (bicyclic) bond motifs is 2. The van der Waals surface area contributed by atoms with Crippen LogP contribution in [-0.2, 0) is 9.47 Å². The average Bonchev–Trinajstić information content (AvgIpc) is 2.91. The van der Waals surface area contributed by atoms with Gasteiger partial charge in [0, 0.05) is 19.2 Å². The molecule has 0 radical (unpaired) electrons. The summed E-state index contributed by atoms with van der Waals surface area (Å²) in [7, 11) is 1.84. The lowest BCUT2D eigenvalue weighted by Crippen LogP contribution is -2.46. The fourth-order valence-electron chi connectivity index (χ4n) is 3.63. The number of nitrogens with one attached hydrogen (secondary N) is 1. The maximum Gasteiger partial charge on any atom is 0.0733 e. The van der Waals surface area contributed by atoms with E-state index < -0.39 is 0 Å². The van der Waals surface area contributed by atoms with Gasteiger partial charge in [-0.05, 0) is 44.9 Å². The highest BCUT2D eigenvalue weighted by molar-refractivity contribution is 4.96. The lowest BCUT2D eigenvalue weighted by molar-refractivity contribution is 0.0526. The molecule has 1 N–H and O–H groups in total. The fourth-order valence-corrected chi connectivity index (χ4v) is 3.63. The zero-order valence-corrected chi connectivity index (χ0v) is 10.2. The van der Waals surface area contributed by atoms with Gasteiger partial charge in [-0.15, -0.1) is 0 Å². The van der Waals surface area contributed by atoms with Gasteiger partial charge < -0.3 is 14.8 Å². The summed E-state index contributed by atoms with van der Waals surface area (Å²) in [5.41, 5.74) is 0. The van der Waals surface area contributed by atoms with Crippen molar-refractivity contribution in [1.29, 1.82) is 0 Å². The Bertz CT molecular complexity index is 246. The summed E-state index contributed by atoms with van der Waals surface area (Å²) in [6.45, 7) is 0. The topological polar surface area (TPSA) is 30.5 Å². The highest BCUT2D eigenvalue weighted by Gasteiger charge is 2.41. The van der Waals surface area contributed by atoms with E-state index in [0.29, 0.717) is 30.4 Å². The quantitative estimate of drug-likeness (QED) is 0.795. The average molecular weight is 225 g/mol. The van der Waals surface area contributed by atoms with E-state index in [1.807, 2.05) is 7.11 Å². The van der Waals surface area contributed by atoms with Crippen LogP contribution < -0.4 is 5.32 Å². The second-order valence-electron chi connectivity index (χ2n) is 5.60. The van der Waals surface area contributed by atoms with E-state index in [2.05, 4.69) is 5.32 Å². The molecule has 3 heteroatoms. The zero-order valence-electron chi connectivity index (χ0n) is 10.2. The Hall–Kier alpha value is -0.120. The largest absolute Gasteiger partial charge is 0.381 e. The molecule has 2 aliphatic heterocycles. The van der Waals surface area contributed by atoms with Crippen molar-refractivity contribution in [1.82, 2.24) is 5.32 Å². The van der Waals surface area contributed by atoms with Crippen molar-refractivity contribution in [2.24, 2.45) is 0 Å². The second kappa shape index (κ2) is 4.63. The van der Waals surface area contributed by atoms with Crippen LogP contribution in [0.4, 0.5) is 0 Å². The minimum atomic E-state index is 0.478. The van der Waals surface area contributed by atoms with Crippen LogP contribution in [-0.4, -0.2) is 37.5 Å². The maximum absolute atomic E-state index is 5.89. The Morgan fingerprint density at radius 2 is 2.06 bits per heavy atom. The molecule has 3 nitrogen and oxygen atoms in total. The van der Waals surface area contributed by atoms with E-state index in [9.17, 15) is 0 Å². The minimum absolute atomic E-state index is 0.478. The molecule has 2 bridgehead atoms. The van der Waals surface area contributed by atoms with Gasteiger partial charge in [0.15, 0.2) is 0 Å². The third-order valence-electron chi connectivity index (χ3n) is 4.52. The van der Waals surface area contributed by atoms with E-state index in [-0.39, 0.29) is 0 Å². The number of ether oxygens (including phenoxy) is 2. The Labute approximate surface area is 97.9 Å². The first-order valence-corrected chi connectivity index (χ1v) is 6.79. The molecule has 2 heterocycles. The van der Waals surface area contributed by atoms with Crippen LogP contribution in [0, 0.1) is 0 Å². The minimum Gasteiger partial charge on any atom is -0.381 e. The van der Waals surface area contributed by atoms with Gasteiger partial charge in [-0.2, -0.15) is 0 Å². The zero-order chi connectivity index (χ0) is 11.0. The summed E-state index contributed by atoms with van der Waals surface area (Å²) in [4.78, 5) is 0. The number of rotatable bonds is 3. The monoisotopic (exact) mass is 225 g/mol. The number of hydrogen-bond donors (Lipinski definition) is 1. The van der Waals surface area contributed by atoms with Crippen LogP contribution in [0.3, 0.4) is 0 Å². The summed E-state index contributed by atoms with van der Waals surface area (Å²) in [5, 5.41) is 3.81. The molecular formula is C13H23NO2. The molecule has 3 rings (SSSR count). The molecule has 3 aliphatic rings. The molecule has 1 saturated carbocycles. The Morgan fingerprint density at radius 1 is 1.12 bits per heavy atom. The van der Waals surface area contributed by atoms with Gasteiger partial charge in [0.25, 0.3) is 0 Å². The molecule has 5 atom stereocenters. The van der Waals surface area contributed by atoms with Crippen LogP contribution >= 0.6 is 0 Å². The molecule has 2 saturated heterocycles. The van der Waals surface area contributed by atoms with Gasteiger partial charge in [-0.25, -0.2) is 0 Å². The Morgan fingerprint density at radius 3 is 2.75 bits per heavy atom. The lowest BCUT2D eigenvalue weighted by Gasteiger charge is -2.32. The lowest BCUT2D eigenvalue weighted by atomic mass is 9.89. The fraction of sp³-hybridized carbons (Fsp3) is 1.00. The molecule has 5 unspecified atom stereocenters. The van der Waals surface area contributed by atoms with Gasteiger partial charge in [0.1, 0.15) is 0 Å². The standard InChI is InChI=1S/C13H23NO2/c1-15-10-4-2-3-9(7-10)14-12-8-11-5-6-13(12)16-11/h9-14H,2-8H2,1H3. The van der Waals surface area contributed by atoms with E-state index in [0.717, 1.165) is 0 Å². The van der Waals surface area contributed by atoms with Crippen LogP contribution in [0.5, 0.6) is 0 Å². The molecule has 0 amide bonds. The van der Waals surface area contributed by atoms with Crippen molar-refractivity contribution in [2.75, 3.05) is 7.11 Å². The Balaban J connectivity index is 1.51. The summed E-state index contributed by atoms with van der Waals surface area (Å²) in [5.74, 6) is 0. The predicted molar refractivity (Wildman–Crippen MR) is 62.5 cm³/mol. The molecule has 0 aromatic carbocycles. The normalized spacial score (nSPS) is 47.4. The Kier molecular flexibility index (Phi) is 3.18. The molecule has 16 heavy (non-hydrogen) atoms. The van der Waals surface area contributed by atoms with Crippen molar-refractivity contribution in [2.45, 2.75) is 75.3 Å². The van der Waals surface area contributed by atoms with Gasteiger partial charge in [-0.1, -0.05) is 0 Å². The molecule has 3 fully saturated rings. The van der Waals surface area contributed by atoms with E-state index >= 15 is 0 Å². The van der Waals surface area contributed by atoms with Crippen LogP contribution in [0.2, 0.25) is 0 Å². The molecular weight excluding hydrogens is 202 g/mol. The highest BCUT2D eigenvalue weighted by atomic mass is 16.5. The third-order valence-corrected chi connectivity index (χ3v) is 4.52. The third kappa shape index (κ3) is 2.13. The van der Waals surface area contributed by atoms with Crippen LogP contribution in [0.15, 0.2) is 0 Å². The first kappa shape index (κ1) is 11.0. The van der Waals surface area contributed by atoms with Crippen LogP contribution in [0.25, 0.3) is 0 Å². The van der Waals surface area contributed by atoms with E-state index in [1.165, 1.54) is 44.9 Å². The first-order valence-electron chi connectivity index (χ1n) is 6.79. The van der Waals surface area contributed by atoms with Crippen molar-refractivity contribution in [3.05, 3.63) is 0 Å². The number of methoxy groups -OCH3 is 1. The van der Waals surface area contributed by atoms with E-state index in [1.54, 1.807) is 0 Å². The van der Waals surface area contributed by atoms with Gasteiger partial charge in [0.2, 0.25) is 0 Å². The van der Waals surface area contributed by atoms with Gasteiger partial charge in [-0.3, -0.25) is 0 Å². The smallest absolute Gasteiger partial charge is 0.0733 e. The second-order valence-corrected chi connectivity index (χ2v) is 5.60. The van der Waals surface area contributed by atoms with E-state index in [4.69, 9.17) is 9.47 Å². The molecule has 0 spiro atoms. The van der Waals surface area contributed by atoms with Crippen LogP contribution in [0.1, 0.15) is 44.9 Å². The summed E-state index contributed by atoms with van der Waals surface area (Å²) in [6.07, 6.45) is 10.4. The van der Waals surface area contributed by atoms with Crippen molar-refractivity contribution in [3.8, 4) is 0 Å². The summed E-state index contributed by atoms with van der Waals surface area (Å²) in [6, 6.07) is 1.28. The van der Waals surface area contributed by atoms with Crippen molar-refractivity contribution >= 4 is 0 Å². The molecule has 0 aromatic rings. The van der Waals surface area contributed by atoms with Gasteiger partial charge in [0.05, 0.1) is 18.3 Å². The van der Waals surface area contributed by atoms with Crippen molar-refractivity contribution < 1.29 is 9.47 Å². The van der Waals surface area contributed by atoms with Crippen molar-refractivity contribution in [3.63, 3.8) is 0 Å². The molecule has 0 aromatic heterocycles. The SMILES string of the molecule is COC1CCCC(NC2CC3CCC2O3)C1. The number of hydrogen-bond acceptors (Lipinski definition) is 3. The molecule has 1 aliphatic carbocycles. The summed E-state index contributed by atoms with van der Waals surface area (Å²) >= 11 is 0. The first-order chi connectivity index (χ1) is 7.85. The highest BCUT2D eigenvalue weighted by Crippen LogP contribution is 2.35. The van der Waals surface area contributed by atoms with Gasteiger partial charge >= 0.3 is 0 Å². The molecule has 92 valence electrons. The maximum atomic E-state index is 5.89. The summed E-state index contributed by atoms with van der Waals surface area (Å²) < 4.78 is 11.4.